The van der Waals surface area contributed by atoms with E-state index in [0.717, 1.165) is 18.7 Å². The van der Waals surface area contributed by atoms with Gasteiger partial charge in [-0.2, -0.15) is 0 Å². The van der Waals surface area contributed by atoms with Gasteiger partial charge in [0.1, 0.15) is 0 Å². The third-order valence-electron chi connectivity index (χ3n) is 3.33. The van der Waals surface area contributed by atoms with E-state index in [1.807, 2.05) is 4.90 Å². The Bertz CT molecular complexity index is 613. The number of halogens is 1. The molecule has 0 saturated carbocycles. The molecule has 0 spiro atoms. The molecule has 0 radical (unpaired) electrons. The molecule has 1 heterocycles. The predicted octanol–water partition coefficient (Wildman–Crippen LogP) is 0.750. The zero-order valence-corrected chi connectivity index (χ0v) is 16.2. The maximum atomic E-state index is 11.8. The molecule has 0 amide bonds. The number of guanidine groups is 1. The molecule has 9 heteroatoms. The van der Waals surface area contributed by atoms with E-state index in [0.29, 0.717) is 32.3 Å². The topological polar surface area (TPSA) is 97.0 Å². The number of nitrogens with one attached hydrogen (secondary N) is 1. The quantitative estimate of drug-likeness (QED) is 0.389. The summed E-state index contributed by atoms with van der Waals surface area (Å²) >= 11 is 0. The van der Waals surface area contributed by atoms with Crippen molar-refractivity contribution in [1.82, 2.24) is 9.62 Å². The maximum Gasteiger partial charge on any atom is 0.240 e. The minimum atomic E-state index is -3.41. The van der Waals surface area contributed by atoms with E-state index in [1.165, 1.54) is 0 Å². The van der Waals surface area contributed by atoms with Gasteiger partial charge in [0.2, 0.25) is 10.0 Å². The van der Waals surface area contributed by atoms with E-state index < -0.39 is 10.0 Å². The number of hydrogen-bond donors (Lipinski definition) is 2. The summed E-state index contributed by atoms with van der Waals surface area (Å²) in [6, 6.07) is 6.65. The molecule has 130 valence electrons. The van der Waals surface area contributed by atoms with Gasteiger partial charge in [-0.15, -0.1) is 24.0 Å². The molecule has 0 unspecified atom stereocenters. The lowest BCUT2D eigenvalue weighted by Gasteiger charge is -2.27. The number of ether oxygens (including phenoxy) is 1. The van der Waals surface area contributed by atoms with Crippen LogP contribution in [0.4, 0.5) is 0 Å². The third kappa shape index (κ3) is 5.90. The molecule has 3 N–H and O–H groups in total. The van der Waals surface area contributed by atoms with Gasteiger partial charge in [-0.05, 0) is 17.7 Å². The van der Waals surface area contributed by atoms with Crippen molar-refractivity contribution in [2.75, 3.05) is 32.8 Å². The first-order chi connectivity index (χ1) is 10.5. The molecule has 0 aliphatic carbocycles. The lowest BCUT2D eigenvalue weighted by Crippen LogP contribution is -2.44. The molecule has 1 aliphatic heterocycles. The van der Waals surface area contributed by atoms with Crippen molar-refractivity contribution >= 4 is 40.0 Å². The summed E-state index contributed by atoms with van der Waals surface area (Å²) in [4.78, 5) is 6.58. The van der Waals surface area contributed by atoms with Gasteiger partial charge in [0.15, 0.2) is 5.96 Å². The van der Waals surface area contributed by atoms with Crippen LogP contribution in [-0.2, 0) is 21.3 Å². The van der Waals surface area contributed by atoms with Crippen LogP contribution in [0, 0.1) is 0 Å². The summed E-state index contributed by atoms with van der Waals surface area (Å²) in [6.07, 6.45) is 0. The molecule has 0 atom stereocenters. The number of nitrogens with zero attached hydrogens (tertiary/aromatic N) is 2. The van der Waals surface area contributed by atoms with Crippen LogP contribution >= 0.6 is 24.0 Å². The Hall–Kier alpha value is -0.910. The monoisotopic (exact) mass is 454 g/mol. The van der Waals surface area contributed by atoms with Gasteiger partial charge in [0.05, 0.1) is 24.7 Å². The molecule has 0 bridgehead atoms. The van der Waals surface area contributed by atoms with E-state index in [2.05, 4.69) is 9.71 Å². The molecule has 1 fully saturated rings. The highest BCUT2D eigenvalue weighted by Gasteiger charge is 2.13. The van der Waals surface area contributed by atoms with Crippen molar-refractivity contribution in [3.63, 3.8) is 0 Å². The largest absolute Gasteiger partial charge is 0.378 e. The number of hydrogen-bond acceptors (Lipinski definition) is 4. The van der Waals surface area contributed by atoms with Crippen LogP contribution in [0.5, 0.6) is 0 Å². The van der Waals surface area contributed by atoms with Gasteiger partial charge in [-0.25, -0.2) is 18.1 Å². The van der Waals surface area contributed by atoms with Crippen molar-refractivity contribution in [3.8, 4) is 0 Å². The van der Waals surface area contributed by atoms with Crippen molar-refractivity contribution in [1.29, 1.82) is 0 Å². The van der Waals surface area contributed by atoms with Crippen molar-refractivity contribution in [3.05, 3.63) is 29.8 Å². The van der Waals surface area contributed by atoms with Crippen molar-refractivity contribution < 1.29 is 13.2 Å². The van der Waals surface area contributed by atoms with Gasteiger partial charge >= 0.3 is 0 Å². The Morgan fingerprint density at radius 2 is 1.91 bits per heavy atom. The van der Waals surface area contributed by atoms with E-state index in [-0.39, 0.29) is 28.9 Å². The SMILES string of the molecule is CCNS(=O)(=O)c1ccc(CN=C(N)N2CCOCC2)cc1.I. The molecular formula is C14H23IN4O3S. The molecule has 1 saturated heterocycles. The summed E-state index contributed by atoms with van der Waals surface area (Å²) in [5, 5.41) is 0. The van der Waals surface area contributed by atoms with Crippen LogP contribution in [0.25, 0.3) is 0 Å². The first kappa shape index (κ1) is 20.1. The summed E-state index contributed by atoms with van der Waals surface area (Å²) < 4.78 is 31.4. The smallest absolute Gasteiger partial charge is 0.240 e. The Labute approximate surface area is 154 Å². The molecule has 2 rings (SSSR count). The van der Waals surface area contributed by atoms with Crippen molar-refractivity contribution in [2.24, 2.45) is 10.7 Å². The molecule has 0 aromatic heterocycles. The van der Waals surface area contributed by atoms with Gasteiger partial charge in [-0.1, -0.05) is 19.1 Å². The van der Waals surface area contributed by atoms with Crippen molar-refractivity contribution in [2.45, 2.75) is 18.4 Å². The number of sulfonamides is 1. The number of benzene rings is 1. The Kier molecular flexibility index (Phi) is 8.23. The summed E-state index contributed by atoms with van der Waals surface area (Å²) in [5.74, 6) is 0.493. The lowest BCUT2D eigenvalue weighted by molar-refractivity contribution is 0.0674. The first-order valence-corrected chi connectivity index (χ1v) is 8.72. The Balaban J connectivity index is 0.00000264. The van der Waals surface area contributed by atoms with Crippen LogP contribution in [0.3, 0.4) is 0 Å². The second-order valence-electron chi connectivity index (χ2n) is 4.92. The van der Waals surface area contributed by atoms with Crippen LogP contribution in [0.15, 0.2) is 34.2 Å². The third-order valence-corrected chi connectivity index (χ3v) is 4.89. The van der Waals surface area contributed by atoms with Gasteiger partial charge in [0.25, 0.3) is 0 Å². The summed E-state index contributed by atoms with van der Waals surface area (Å²) in [6.45, 7) is 5.34. The lowest BCUT2D eigenvalue weighted by atomic mass is 10.2. The average Bonchev–Trinajstić information content (AvgIpc) is 2.54. The fraction of sp³-hybridized carbons (Fsp3) is 0.500. The zero-order valence-electron chi connectivity index (χ0n) is 13.1. The molecular weight excluding hydrogens is 431 g/mol. The Morgan fingerprint density at radius 3 is 2.48 bits per heavy atom. The first-order valence-electron chi connectivity index (χ1n) is 7.24. The summed E-state index contributed by atoms with van der Waals surface area (Å²) in [5.41, 5.74) is 6.86. The van der Waals surface area contributed by atoms with Crippen LogP contribution in [0.2, 0.25) is 0 Å². The average molecular weight is 454 g/mol. The van der Waals surface area contributed by atoms with Crippen LogP contribution in [-0.4, -0.2) is 52.1 Å². The molecule has 23 heavy (non-hydrogen) atoms. The number of nitrogens with two attached hydrogens (primary N) is 1. The molecule has 1 aliphatic rings. The highest BCUT2D eigenvalue weighted by molar-refractivity contribution is 14.0. The molecule has 1 aromatic carbocycles. The molecule has 1 aromatic rings. The number of aliphatic imine (C=N–C) groups is 1. The number of morpholine rings is 1. The van der Waals surface area contributed by atoms with E-state index >= 15 is 0 Å². The number of rotatable bonds is 5. The van der Waals surface area contributed by atoms with E-state index in [1.54, 1.807) is 31.2 Å². The van der Waals surface area contributed by atoms with E-state index in [4.69, 9.17) is 10.5 Å². The second kappa shape index (κ2) is 9.40. The molecule has 7 nitrogen and oxygen atoms in total. The summed E-state index contributed by atoms with van der Waals surface area (Å²) in [7, 11) is -3.41. The fourth-order valence-electron chi connectivity index (χ4n) is 2.11. The Morgan fingerprint density at radius 1 is 1.30 bits per heavy atom. The zero-order chi connectivity index (χ0) is 16.0. The van der Waals surface area contributed by atoms with Gasteiger partial charge in [0, 0.05) is 19.6 Å². The van der Waals surface area contributed by atoms with Crippen LogP contribution in [0.1, 0.15) is 12.5 Å². The highest BCUT2D eigenvalue weighted by Crippen LogP contribution is 2.11. The second-order valence-corrected chi connectivity index (χ2v) is 6.69. The van der Waals surface area contributed by atoms with E-state index in [9.17, 15) is 8.42 Å². The standard InChI is InChI=1S/C14H22N4O3S.HI/c1-2-17-22(19,20)13-5-3-12(4-6-13)11-16-14(15)18-7-9-21-10-8-18;/h3-6,17H,2,7-11H2,1H3,(H2,15,16);1H. The van der Waals surface area contributed by atoms with Gasteiger partial charge in [-0.3, -0.25) is 0 Å². The normalized spacial score (nSPS) is 16.0. The fourth-order valence-corrected chi connectivity index (χ4v) is 3.15. The predicted molar refractivity (Wildman–Crippen MR) is 100 cm³/mol. The minimum absolute atomic E-state index is 0. The maximum absolute atomic E-state index is 11.8. The minimum Gasteiger partial charge on any atom is -0.378 e. The highest BCUT2D eigenvalue weighted by atomic mass is 127. The van der Waals surface area contributed by atoms with Crippen LogP contribution < -0.4 is 10.5 Å². The van der Waals surface area contributed by atoms with Gasteiger partial charge < -0.3 is 15.4 Å².